The third-order valence-corrected chi connectivity index (χ3v) is 2.30. The molecule has 0 aromatic carbocycles. The van der Waals surface area contributed by atoms with Crippen molar-refractivity contribution in [3.8, 4) is 0 Å². The summed E-state index contributed by atoms with van der Waals surface area (Å²) in [5, 5.41) is 0. The van der Waals surface area contributed by atoms with Crippen molar-refractivity contribution in [3.05, 3.63) is 0 Å². The van der Waals surface area contributed by atoms with Crippen LogP contribution in [0.15, 0.2) is 0 Å². The molecule has 1 saturated heterocycles. The first-order valence-corrected chi connectivity index (χ1v) is 4.16. The van der Waals surface area contributed by atoms with E-state index >= 15 is 0 Å². The predicted molar refractivity (Wildman–Crippen MR) is 38.1 cm³/mol. The summed E-state index contributed by atoms with van der Waals surface area (Å²) in [7, 11) is 0. The molecule has 1 aliphatic heterocycles. The largest absolute Gasteiger partial charge is 0.459 e. The number of carbonyl (C=O) groups is 1. The maximum absolute atomic E-state index is 10.9. The van der Waals surface area contributed by atoms with E-state index in [1.165, 1.54) is 0 Å². The molecule has 0 radical (unpaired) electrons. The molecule has 0 aromatic rings. The Morgan fingerprint density at radius 3 is 2.91 bits per heavy atom. The Hall–Kier alpha value is -0.570. The lowest BCUT2D eigenvalue weighted by Gasteiger charge is -2.10. The highest BCUT2D eigenvalue weighted by atomic mass is 16.6. The van der Waals surface area contributed by atoms with E-state index in [0.717, 1.165) is 12.8 Å². The van der Waals surface area contributed by atoms with Crippen LogP contribution < -0.4 is 0 Å². The van der Waals surface area contributed by atoms with Gasteiger partial charge in [0, 0.05) is 6.42 Å². The molecule has 3 unspecified atom stereocenters. The van der Waals surface area contributed by atoms with Crippen molar-refractivity contribution in [1.29, 1.82) is 0 Å². The van der Waals surface area contributed by atoms with Gasteiger partial charge in [-0.1, -0.05) is 6.92 Å². The first kappa shape index (κ1) is 7.10. The lowest BCUT2D eigenvalue weighted by Crippen LogP contribution is -2.20. The lowest BCUT2D eigenvalue weighted by molar-refractivity contribution is -0.149. The molecule has 2 fully saturated rings. The van der Waals surface area contributed by atoms with Crippen LogP contribution in [-0.2, 0) is 14.3 Å². The minimum atomic E-state index is -0.105. The van der Waals surface area contributed by atoms with Gasteiger partial charge in [0.15, 0.2) is 0 Å². The van der Waals surface area contributed by atoms with Crippen molar-refractivity contribution in [3.63, 3.8) is 0 Å². The smallest absolute Gasteiger partial charge is 0.305 e. The van der Waals surface area contributed by atoms with Crippen LogP contribution in [0.5, 0.6) is 0 Å². The second-order valence-corrected chi connectivity index (χ2v) is 3.10. The van der Waals surface area contributed by atoms with E-state index in [1.807, 2.05) is 6.92 Å². The minimum absolute atomic E-state index is 0.0625. The van der Waals surface area contributed by atoms with Crippen molar-refractivity contribution in [2.24, 2.45) is 0 Å². The van der Waals surface area contributed by atoms with Crippen LogP contribution in [0.4, 0.5) is 0 Å². The number of epoxide rings is 1. The van der Waals surface area contributed by atoms with E-state index in [1.54, 1.807) is 0 Å². The molecule has 3 atom stereocenters. The highest BCUT2D eigenvalue weighted by Gasteiger charge is 2.52. The fourth-order valence-corrected chi connectivity index (χ4v) is 1.59. The average molecular weight is 156 g/mol. The van der Waals surface area contributed by atoms with Crippen molar-refractivity contribution in [1.82, 2.24) is 0 Å². The van der Waals surface area contributed by atoms with Gasteiger partial charge in [-0.05, 0) is 12.8 Å². The van der Waals surface area contributed by atoms with Gasteiger partial charge in [-0.15, -0.1) is 0 Å². The fraction of sp³-hybridized carbons (Fsp3) is 0.875. The molecule has 1 aliphatic carbocycles. The van der Waals surface area contributed by atoms with Gasteiger partial charge in [-0.2, -0.15) is 0 Å². The van der Waals surface area contributed by atoms with Crippen LogP contribution in [0.3, 0.4) is 0 Å². The van der Waals surface area contributed by atoms with E-state index < -0.39 is 0 Å². The van der Waals surface area contributed by atoms with Gasteiger partial charge in [0.2, 0.25) is 0 Å². The molecule has 11 heavy (non-hydrogen) atoms. The molecule has 2 aliphatic rings. The number of esters is 1. The number of carbonyl (C=O) groups excluding carboxylic acids is 1. The molecule has 1 heterocycles. The van der Waals surface area contributed by atoms with Crippen molar-refractivity contribution < 1.29 is 14.3 Å². The van der Waals surface area contributed by atoms with Gasteiger partial charge in [0.05, 0.1) is 6.10 Å². The Morgan fingerprint density at radius 1 is 1.64 bits per heavy atom. The van der Waals surface area contributed by atoms with E-state index in [-0.39, 0.29) is 18.2 Å². The Labute approximate surface area is 65.7 Å². The highest BCUT2D eigenvalue weighted by molar-refractivity contribution is 5.69. The van der Waals surface area contributed by atoms with Gasteiger partial charge >= 0.3 is 5.97 Å². The fourth-order valence-electron chi connectivity index (χ4n) is 1.59. The zero-order valence-electron chi connectivity index (χ0n) is 6.58. The summed E-state index contributed by atoms with van der Waals surface area (Å²) in [4.78, 5) is 10.9. The number of hydrogen-bond donors (Lipinski definition) is 0. The molecule has 2 rings (SSSR count). The molecule has 0 bridgehead atoms. The van der Waals surface area contributed by atoms with Gasteiger partial charge in [0.1, 0.15) is 12.2 Å². The Morgan fingerprint density at radius 2 is 2.45 bits per heavy atom. The summed E-state index contributed by atoms with van der Waals surface area (Å²) in [6.07, 6.45) is 3.23. The van der Waals surface area contributed by atoms with Crippen molar-refractivity contribution in [2.75, 3.05) is 0 Å². The normalized spacial score (nSPS) is 39.9. The maximum atomic E-state index is 10.9. The van der Waals surface area contributed by atoms with Crippen LogP contribution in [0.25, 0.3) is 0 Å². The molecule has 0 amide bonds. The van der Waals surface area contributed by atoms with Crippen LogP contribution >= 0.6 is 0 Å². The first-order valence-electron chi connectivity index (χ1n) is 4.16. The molecule has 0 aromatic heterocycles. The zero-order valence-corrected chi connectivity index (χ0v) is 6.58. The second kappa shape index (κ2) is 2.48. The molecule has 0 spiro atoms. The Kier molecular flexibility index (Phi) is 1.60. The third-order valence-electron chi connectivity index (χ3n) is 2.30. The van der Waals surface area contributed by atoms with E-state index in [9.17, 15) is 4.79 Å². The number of hydrogen-bond acceptors (Lipinski definition) is 3. The highest BCUT2D eigenvalue weighted by Crippen LogP contribution is 2.40. The zero-order chi connectivity index (χ0) is 7.84. The van der Waals surface area contributed by atoms with Gasteiger partial charge in [0.25, 0.3) is 0 Å². The number of fused-ring (bicyclic) bond motifs is 1. The van der Waals surface area contributed by atoms with E-state index in [2.05, 4.69) is 0 Å². The SMILES string of the molecule is CCC(=O)OC1CCC2OC12. The van der Waals surface area contributed by atoms with Crippen LogP contribution in [0, 0.1) is 0 Å². The monoisotopic (exact) mass is 156 g/mol. The molecular weight excluding hydrogens is 144 g/mol. The van der Waals surface area contributed by atoms with Gasteiger partial charge in [-0.25, -0.2) is 0 Å². The summed E-state index contributed by atoms with van der Waals surface area (Å²) < 4.78 is 10.4. The minimum Gasteiger partial charge on any atom is -0.459 e. The number of ether oxygens (including phenoxy) is 2. The summed E-state index contributed by atoms with van der Waals surface area (Å²) in [6, 6.07) is 0. The number of rotatable bonds is 2. The lowest BCUT2D eigenvalue weighted by atomic mass is 10.3. The summed E-state index contributed by atoms with van der Waals surface area (Å²) >= 11 is 0. The average Bonchev–Trinajstić information content (AvgIpc) is 2.70. The molecule has 0 N–H and O–H groups in total. The topological polar surface area (TPSA) is 38.8 Å². The molecule has 3 heteroatoms. The van der Waals surface area contributed by atoms with E-state index in [0.29, 0.717) is 12.5 Å². The van der Waals surface area contributed by atoms with Gasteiger partial charge in [-0.3, -0.25) is 4.79 Å². The van der Waals surface area contributed by atoms with E-state index in [4.69, 9.17) is 9.47 Å². The van der Waals surface area contributed by atoms with Crippen LogP contribution in [0.1, 0.15) is 26.2 Å². The summed E-state index contributed by atoms with van der Waals surface area (Å²) in [6.45, 7) is 1.81. The Balaban J connectivity index is 1.82. The molecule has 1 saturated carbocycles. The van der Waals surface area contributed by atoms with Crippen molar-refractivity contribution >= 4 is 5.97 Å². The van der Waals surface area contributed by atoms with Gasteiger partial charge < -0.3 is 9.47 Å². The quantitative estimate of drug-likeness (QED) is 0.440. The second-order valence-electron chi connectivity index (χ2n) is 3.10. The summed E-state index contributed by atoms with van der Waals surface area (Å²) in [5.74, 6) is -0.105. The Bertz CT molecular complexity index is 178. The molecular formula is C8H12O3. The standard InChI is InChI=1S/C8H12O3/c1-2-7(9)10-5-3-4-6-8(5)11-6/h5-6,8H,2-4H2,1H3. The maximum Gasteiger partial charge on any atom is 0.305 e. The molecule has 62 valence electrons. The first-order chi connectivity index (χ1) is 5.31. The van der Waals surface area contributed by atoms with Crippen molar-refractivity contribution in [2.45, 2.75) is 44.5 Å². The molecule has 3 nitrogen and oxygen atoms in total. The van der Waals surface area contributed by atoms with Crippen LogP contribution in [0.2, 0.25) is 0 Å². The van der Waals surface area contributed by atoms with Crippen LogP contribution in [-0.4, -0.2) is 24.3 Å². The predicted octanol–water partition coefficient (Wildman–Crippen LogP) is 0.869. The summed E-state index contributed by atoms with van der Waals surface area (Å²) in [5.41, 5.74) is 0. The third kappa shape index (κ3) is 1.25.